The van der Waals surface area contributed by atoms with E-state index in [9.17, 15) is 19.7 Å². The molecular formula is C19H20N4O4. The fourth-order valence-electron chi connectivity index (χ4n) is 3.19. The monoisotopic (exact) mass is 368 g/mol. The van der Waals surface area contributed by atoms with Gasteiger partial charge in [-0.1, -0.05) is 36.4 Å². The Labute approximate surface area is 156 Å². The van der Waals surface area contributed by atoms with Gasteiger partial charge in [0.15, 0.2) is 0 Å². The van der Waals surface area contributed by atoms with Crippen molar-refractivity contribution < 1.29 is 14.5 Å². The highest BCUT2D eigenvalue weighted by molar-refractivity contribution is 5.92. The van der Waals surface area contributed by atoms with Crippen LogP contribution in [0.4, 0.5) is 16.2 Å². The molecule has 3 rings (SSSR count). The molecule has 2 N–H and O–H groups in total. The molecule has 0 bridgehead atoms. The SMILES string of the molecule is Cc1c(NC(=O)N2CCNC(=O)CC2c2ccccc2)cccc1[N+](=O)[O-]. The molecule has 0 radical (unpaired) electrons. The highest BCUT2D eigenvalue weighted by atomic mass is 16.6. The normalized spacial score (nSPS) is 17.0. The van der Waals surface area contributed by atoms with Crippen LogP contribution >= 0.6 is 0 Å². The van der Waals surface area contributed by atoms with Gasteiger partial charge in [-0.15, -0.1) is 0 Å². The summed E-state index contributed by atoms with van der Waals surface area (Å²) in [5.41, 5.74) is 1.57. The lowest BCUT2D eigenvalue weighted by molar-refractivity contribution is -0.385. The van der Waals surface area contributed by atoms with Crippen LogP contribution in [0.25, 0.3) is 0 Å². The van der Waals surface area contributed by atoms with E-state index in [2.05, 4.69) is 10.6 Å². The van der Waals surface area contributed by atoms with Crippen LogP contribution in [0, 0.1) is 17.0 Å². The summed E-state index contributed by atoms with van der Waals surface area (Å²) in [4.78, 5) is 37.2. The molecule has 0 spiro atoms. The van der Waals surface area contributed by atoms with E-state index < -0.39 is 17.0 Å². The van der Waals surface area contributed by atoms with Gasteiger partial charge in [0.05, 0.1) is 28.6 Å². The van der Waals surface area contributed by atoms with Crippen molar-refractivity contribution in [2.75, 3.05) is 18.4 Å². The maximum absolute atomic E-state index is 12.9. The van der Waals surface area contributed by atoms with E-state index in [0.717, 1.165) is 5.56 Å². The molecule has 27 heavy (non-hydrogen) atoms. The molecule has 1 atom stereocenters. The Balaban J connectivity index is 1.88. The number of nitro groups is 1. The van der Waals surface area contributed by atoms with Gasteiger partial charge < -0.3 is 15.5 Å². The lowest BCUT2D eigenvalue weighted by Crippen LogP contribution is -2.39. The smallest absolute Gasteiger partial charge is 0.322 e. The summed E-state index contributed by atoms with van der Waals surface area (Å²) in [6.07, 6.45) is 0.158. The summed E-state index contributed by atoms with van der Waals surface area (Å²) >= 11 is 0. The number of anilines is 1. The summed E-state index contributed by atoms with van der Waals surface area (Å²) in [6.45, 7) is 2.28. The van der Waals surface area contributed by atoms with Gasteiger partial charge in [-0.25, -0.2) is 4.79 Å². The first-order valence-corrected chi connectivity index (χ1v) is 8.60. The van der Waals surface area contributed by atoms with Crippen molar-refractivity contribution in [3.63, 3.8) is 0 Å². The lowest BCUT2D eigenvalue weighted by atomic mass is 10.0. The van der Waals surface area contributed by atoms with Crippen molar-refractivity contribution in [1.29, 1.82) is 0 Å². The number of amides is 3. The van der Waals surface area contributed by atoms with Crippen LogP contribution in [-0.2, 0) is 4.79 Å². The Kier molecular flexibility index (Phi) is 5.35. The zero-order valence-electron chi connectivity index (χ0n) is 14.8. The Hall–Kier alpha value is -3.42. The Bertz CT molecular complexity index is 869. The van der Waals surface area contributed by atoms with E-state index in [4.69, 9.17) is 0 Å². The van der Waals surface area contributed by atoms with E-state index in [1.54, 1.807) is 17.9 Å². The van der Waals surface area contributed by atoms with Crippen LogP contribution < -0.4 is 10.6 Å². The van der Waals surface area contributed by atoms with E-state index in [-0.39, 0.29) is 18.0 Å². The first-order valence-electron chi connectivity index (χ1n) is 8.60. The Morgan fingerprint density at radius 2 is 1.96 bits per heavy atom. The van der Waals surface area contributed by atoms with Gasteiger partial charge in [0.1, 0.15) is 0 Å². The maximum atomic E-state index is 12.9. The van der Waals surface area contributed by atoms with Crippen molar-refractivity contribution >= 4 is 23.3 Å². The molecule has 2 aromatic carbocycles. The van der Waals surface area contributed by atoms with Crippen LogP contribution in [0.3, 0.4) is 0 Å². The second kappa shape index (κ2) is 7.86. The number of nitrogens with zero attached hydrogens (tertiary/aromatic N) is 2. The van der Waals surface area contributed by atoms with Gasteiger partial charge in [0.25, 0.3) is 5.69 Å². The van der Waals surface area contributed by atoms with E-state index in [1.165, 1.54) is 12.1 Å². The zero-order valence-corrected chi connectivity index (χ0v) is 14.8. The maximum Gasteiger partial charge on any atom is 0.322 e. The van der Waals surface area contributed by atoms with Crippen LogP contribution in [0.2, 0.25) is 0 Å². The minimum Gasteiger partial charge on any atom is -0.354 e. The molecule has 1 aliphatic rings. The molecule has 0 aromatic heterocycles. The molecule has 1 saturated heterocycles. The summed E-state index contributed by atoms with van der Waals surface area (Å²) < 4.78 is 0. The van der Waals surface area contributed by atoms with Gasteiger partial charge in [-0.3, -0.25) is 14.9 Å². The third-order valence-corrected chi connectivity index (χ3v) is 4.62. The lowest BCUT2D eigenvalue weighted by Gasteiger charge is -2.29. The second-order valence-electron chi connectivity index (χ2n) is 6.31. The fraction of sp³-hybridized carbons (Fsp3) is 0.263. The van der Waals surface area contributed by atoms with Crippen molar-refractivity contribution in [3.8, 4) is 0 Å². The number of rotatable bonds is 3. The Morgan fingerprint density at radius 1 is 1.22 bits per heavy atom. The van der Waals surface area contributed by atoms with E-state index in [1.807, 2.05) is 30.3 Å². The molecule has 8 nitrogen and oxygen atoms in total. The topological polar surface area (TPSA) is 105 Å². The molecule has 0 aliphatic carbocycles. The number of carbonyl (C=O) groups is 2. The summed E-state index contributed by atoms with van der Waals surface area (Å²) in [5, 5.41) is 16.7. The van der Waals surface area contributed by atoms with Crippen LogP contribution in [-0.4, -0.2) is 34.9 Å². The van der Waals surface area contributed by atoms with Gasteiger partial charge in [-0.05, 0) is 18.6 Å². The third kappa shape index (κ3) is 4.05. The number of carbonyl (C=O) groups excluding carboxylic acids is 2. The molecule has 1 aliphatic heterocycles. The van der Waals surface area contributed by atoms with Crippen LogP contribution in [0.1, 0.15) is 23.6 Å². The summed E-state index contributed by atoms with van der Waals surface area (Å²) in [7, 11) is 0. The number of benzene rings is 2. The average molecular weight is 368 g/mol. The van der Waals surface area contributed by atoms with Crippen molar-refractivity contribution in [2.45, 2.75) is 19.4 Å². The summed E-state index contributed by atoms with van der Waals surface area (Å²) in [6, 6.07) is 13.1. The average Bonchev–Trinajstić information content (AvgIpc) is 2.85. The molecular weight excluding hydrogens is 348 g/mol. The third-order valence-electron chi connectivity index (χ3n) is 4.62. The standard InChI is InChI=1S/C19H20N4O4/c1-13-15(8-5-9-16(13)23(26)27)21-19(25)22-11-10-20-18(24)12-17(22)14-6-3-2-4-7-14/h2-9,17H,10-12H2,1H3,(H,20,24)(H,21,25). The second-order valence-corrected chi connectivity index (χ2v) is 6.31. The Morgan fingerprint density at radius 3 is 2.67 bits per heavy atom. The molecule has 3 amide bonds. The van der Waals surface area contributed by atoms with E-state index in [0.29, 0.717) is 24.3 Å². The van der Waals surface area contributed by atoms with Crippen molar-refractivity contribution in [2.24, 2.45) is 0 Å². The number of hydrogen-bond acceptors (Lipinski definition) is 4. The molecule has 2 aromatic rings. The van der Waals surface area contributed by atoms with Crippen molar-refractivity contribution in [1.82, 2.24) is 10.2 Å². The molecule has 140 valence electrons. The van der Waals surface area contributed by atoms with Gasteiger partial charge in [-0.2, -0.15) is 0 Å². The molecule has 1 fully saturated rings. The fourth-order valence-corrected chi connectivity index (χ4v) is 3.19. The molecule has 1 heterocycles. The van der Waals surface area contributed by atoms with Crippen LogP contribution in [0.5, 0.6) is 0 Å². The van der Waals surface area contributed by atoms with Gasteiger partial charge in [0.2, 0.25) is 5.91 Å². The number of urea groups is 1. The van der Waals surface area contributed by atoms with Gasteiger partial charge >= 0.3 is 6.03 Å². The number of nitro benzene ring substituents is 1. The number of nitrogens with one attached hydrogen (secondary N) is 2. The van der Waals surface area contributed by atoms with Crippen LogP contribution in [0.15, 0.2) is 48.5 Å². The zero-order chi connectivity index (χ0) is 19.4. The first-order chi connectivity index (χ1) is 13.0. The first kappa shape index (κ1) is 18.4. The summed E-state index contributed by atoms with van der Waals surface area (Å²) in [5.74, 6) is -0.120. The molecule has 1 unspecified atom stereocenters. The minimum atomic E-state index is -0.480. The molecule has 0 saturated carbocycles. The minimum absolute atomic E-state index is 0.0554. The predicted molar refractivity (Wildman–Crippen MR) is 100 cm³/mol. The van der Waals surface area contributed by atoms with E-state index >= 15 is 0 Å². The highest BCUT2D eigenvalue weighted by Crippen LogP contribution is 2.29. The number of hydrogen-bond donors (Lipinski definition) is 2. The largest absolute Gasteiger partial charge is 0.354 e. The highest BCUT2D eigenvalue weighted by Gasteiger charge is 2.30. The molecule has 8 heteroatoms. The predicted octanol–water partition coefficient (Wildman–Crippen LogP) is 3.00. The van der Waals surface area contributed by atoms with Gasteiger partial charge in [0, 0.05) is 19.2 Å². The quantitative estimate of drug-likeness (QED) is 0.642. The van der Waals surface area contributed by atoms with Crippen molar-refractivity contribution in [3.05, 3.63) is 69.8 Å².